The molecule has 1 amide bonds. The maximum atomic E-state index is 12.4. The Kier molecular flexibility index (Phi) is 4.46. The van der Waals surface area contributed by atoms with Crippen molar-refractivity contribution in [3.63, 3.8) is 0 Å². The molecule has 2 heterocycles. The molecule has 3 rings (SSSR count). The van der Waals surface area contributed by atoms with Gasteiger partial charge in [0.2, 0.25) is 0 Å². The minimum absolute atomic E-state index is 0.158. The molecule has 2 aromatic heterocycles. The van der Waals surface area contributed by atoms with Gasteiger partial charge in [-0.05, 0) is 20.8 Å². The van der Waals surface area contributed by atoms with Crippen LogP contribution in [0.4, 0.5) is 0 Å². The topological polar surface area (TPSA) is 73.0 Å². The highest BCUT2D eigenvalue weighted by Crippen LogP contribution is 2.21. The van der Waals surface area contributed by atoms with E-state index in [1.54, 1.807) is 12.3 Å². The maximum Gasteiger partial charge on any atom is 0.273 e. The Labute approximate surface area is 140 Å². The SMILES string of the molecule is CCn1ncc([C@H](C)NC(=O)c2cc(-c3ccccc3)on2)c1C. The third-order valence-electron chi connectivity index (χ3n) is 4.06. The predicted molar refractivity (Wildman–Crippen MR) is 90.5 cm³/mol. The van der Waals surface area contributed by atoms with E-state index in [1.165, 1.54) is 0 Å². The van der Waals surface area contributed by atoms with E-state index in [0.717, 1.165) is 23.4 Å². The second-order valence-corrected chi connectivity index (χ2v) is 5.64. The highest BCUT2D eigenvalue weighted by atomic mass is 16.5. The molecule has 0 saturated heterocycles. The van der Waals surface area contributed by atoms with E-state index >= 15 is 0 Å². The van der Waals surface area contributed by atoms with Crippen molar-refractivity contribution in [2.75, 3.05) is 0 Å². The average molecular weight is 324 g/mol. The molecule has 0 aliphatic rings. The molecular weight excluding hydrogens is 304 g/mol. The highest BCUT2D eigenvalue weighted by molar-refractivity contribution is 5.93. The first-order chi connectivity index (χ1) is 11.6. The third-order valence-corrected chi connectivity index (χ3v) is 4.06. The van der Waals surface area contributed by atoms with Gasteiger partial charge in [-0.15, -0.1) is 0 Å². The molecule has 24 heavy (non-hydrogen) atoms. The second-order valence-electron chi connectivity index (χ2n) is 5.64. The summed E-state index contributed by atoms with van der Waals surface area (Å²) in [4.78, 5) is 12.4. The molecule has 1 atom stereocenters. The van der Waals surface area contributed by atoms with Gasteiger partial charge < -0.3 is 9.84 Å². The molecule has 6 nitrogen and oxygen atoms in total. The number of amides is 1. The molecular formula is C18H20N4O2. The average Bonchev–Trinajstić information content (AvgIpc) is 3.22. The Balaban J connectivity index is 1.73. The zero-order valence-corrected chi connectivity index (χ0v) is 14.0. The van der Waals surface area contributed by atoms with Crippen LogP contribution in [0.3, 0.4) is 0 Å². The number of nitrogens with one attached hydrogen (secondary N) is 1. The molecule has 1 aromatic carbocycles. The number of hydrogen-bond acceptors (Lipinski definition) is 4. The largest absolute Gasteiger partial charge is 0.355 e. The molecule has 124 valence electrons. The standard InChI is InChI=1S/C18H20N4O2/c1-4-22-13(3)15(11-19-22)12(2)20-18(23)16-10-17(24-21-16)14-8-6-5-7-9-14/h5-12H,4H2,1-3H3,(H,20,23)/t12-/m0/s1. The molecule has 0 saturated carbocycles. The Hall–Kier alpha value is -2.89. The highest BCUT2D eigenvalue weighted by Gasteiger charge is 2.19. The molecule has 0 bridgehead atoms. The van der Waals surface area contributed by atoms with Crippen LogP contribution in [0.15, 0.2) is 47.1 Å². The number of carbonyl (C=O) groups excluding carboxylic acids is 1. The third kappa shape index (κ3) is 3.08. The number of rotatable bonds is 5. The van der Waals surface area contributed by atoms with Crippen molar-refractivity contribution in [1.29, 1.82) is 0 Å². The lowest BCUT2D eigenvalue weighted by molar-refractivity contribution is 0.0930. The molecule has 6 heteroatoms. The lowest BCUT2D eigenvalue weighted by Gasteiger charge is -2.12. The van der Waals surface area contributed by atoms with Gasteiger partial charge in [0.25, 0.3) is 5.91 Å². The Bertz CT molecular complexity index is 836. The van der Waals surface area contributed by atoms with Crippen molar-refractivity contribution in [1.82, 2.24) is 20.3 Å². The molecule has 0 spiro atoms. The van der Waals surface area contributed by atoms with E-state index in [0.29, 0.717) is 5.76 Å². The first-order valence-corrected chi connectivity index (χ1v) is 7.95. The van der Waals surface area contributed by atoms with Crippen molar-refractivity contribution in [2.24, 2.45) is 0 Å². The van der Waals surface area contributed by atoms with E-state index in [-0.39, 0.29) is 17.6 Å². The molecule has 1 N–H and O–H groups in total. The van der Waals surface area contributed by atoms with Gasteiger partial charge in [0.05, 0.1) is 12.2 Å². The lowest BCUT2D eigenvalue weighted by Crippen LogP contribution is -2.27. The van der Waals surface area contributed by atoms with Gasteiger partial charge in [-0.3, -0.25) is 9.48 Å². The van der Waals surface area contributed by atoms with Gasteiger partial charge in [-0.1, -0.05) is 35.5 Å². The summed E-state index contributed by atoms with van der Waals surface area (Å²) < 4.78 is 7.18. The van der Waals surface area contributed by atoms with Crippen molar-refractivity contribution in [3.8, 4) is 11.3 Å². The van der Waals surface area contributed by atoms with Crippen LogP contribution < -0.4 is 5.32 Å². The second kappa shape index (κ2) is 6.70. The van der Waals surface area contributed by atoms with Crippen LogP contribution in [-0.2, 0) is 6.54 Å². The summed E-state index contributed by atoms with van der Waals surface area (Å²) in [7, 11) is 0. The molecule has 0 aliphatic carbocycles. The molecule has 0 unspecified atom stereocenters. The van der Waals surface area contributed by atoms with E-state index in [2.05, 4.69) is 15.6 Å². The van der Waals surface area contributed by atoms with Crippen LogP contribution in [-0.4, -0.2) is 20.8 Å². The van der Waals surface area contributed by atoms with E-state index in [4.69, 9.17) is 4.52 Å². The summed E-state index contributed by atoms with van der Waals surface area (Å²) >= 11 is 0. The normalized spacial score (nSPS) is 12.1. The zero-order chi connectivity index (χ0) is 17.1. The van der Waals surface area contributed by atoms with Crippen LogP contribution in [0.5, 0.6) is 0 Å². The maximum absolute atomic E-state index is 12.4. The summed E-state index contributed by atoms with van der Waals surface area (Å²) in [6.07, 6.45) is 1.79. The van der Waals surface area contributed by atoms with Gasteiger partial charge in [0.1, 0.15) is 0 Å². The van der Waals surface area contributed by atoms with Crippen molar-refractivity contribution >= 4 is 5.91 Å². The number of aromatic nitrogens is 3. The van der Waals surface area contributed by atoms with E-state index in [1.807, 2.05) is 55.8 Å². The molecule has 0 radical (unpaired) electrons. The van der Waals surface area contributed by atoms with Gasteiger partial charge in [-0.2, -0.15) is 5.10 Å². The number of benzene rings is 1. The van der Waals surface area contributed by atoms with Gasteiger partial charge >= 0.3 is 0 Å². The molecule has 0 fully saturated rings. The summed E-state index contributed by atoms with van der Waals surface area (Å²) in [5, 5.41) is 11.1. The van der Waals surface area contributed by atoms with Crippen molar-refractivity contribution < 1.29 is 9.32 Å². The van der Waals surface area contributed by atoms with Crippen LogP contribution in [0, 0.1) is 6.92 Å². The fourth-order valence-corrected chi connectivity index (χ4v) is 2.67. The fraction of sp³-hybridized carbons (Fsp3) is 0.278. The summed E-state index contributed by atoms with van der Waals surface area (Å²) in [5.41, 5.74) is 3.20. The van der Waals surface area contributed by atoms with Crippen LogP contribution >= 0.6 is 0 Å². The summed E-state index contributed by atoms with van der Waals surface area (Å²) in [6, 6.07) is 11.1. The Morgan fingerprint density at radius 1 is 1.33 bits per heavy atom. The Morgan fingerprint density at radius 3 is 2.75 bits per heavy atom. The van der Waals surface area contributed by atoms with E-state index < -0.39 is 0 Å². The van der Waals surface area contributed by atoms with Gasteiger partial charge in [0, 0.05) is 29.4 Å². The summed E-state index contributed by atoms with van der Waals surface area (Å²) in [5.74, 6) is 0.306. The lowest BCUT2D eigenvalue weighted by atomic mass is 10.1. The number of aryl methyl sites for hydroxylation is 1. The van der Waals surface area contributed by atoms with Crippen LogP contribution in [0.25, 0.3) is 11.3 Å². The first kappa shape index (κ1) is 16.0. The molecule has 3 aromatic rings. The van der Waals surface area contributed by atoms with Crippen molar-refractivity contribution in [3.05, 3.63) is 59.5 Å². The van der Waals surface area contributed by atoms with Gasteiger partial charge in [-0.25, -0.2) is 0 Å². The quantitative estimate of drug-likeness (QED) is 0.781. The number of hydrogen-bond donors (Lipinski definition) is 1. The minimum Gasteiger partial charge on any atom is -0.355 e. The van der Waals surface area contributed by atoms with Gasteiger partial charge in [0.15, 0.2) is 11.5 Å². The number of nitrogens with zero attached hydrogens (tertiary/aromatic N) is 3. The monoisotopic (exact) mass is 324 g/mol. The fourth-order valence-electron chi connectivity index (χ4n) is 2.67. The minimum atomic E-state index is -0.267. The Morgan fingerprint density at radius 2 is 2.08 bits per heavy atom. The van der Waals surface area contributed by atoms with Crippen molar-refractivity contribution in [2.45, 2.75) is 33.4 Å². The zero-order valence-electron chi connectivity index (χ0n) is 14.0. The smallest absolute Gasteiger partial charge is 0.273 e. The van der Waals surface area contributed by atoms with Crippen LogP contribution in [0.1, 0.15) is 41.6 Å². The van der Waals surface area contributed by atoms with E-state index in [9.17, 15) is 4.79 Å². The predicted octanol–water partition coefficient (Wildman–Crippen LogP) is 3.36. The first-order valence-electron chi connectivity index (χ1n) is 7.95. The molecule has 0 aliphatic heterocycles. The van der Waals surface area contributed by atoms with Crippen LogP contribution in [0.2, 0.25) is 0 Å². The summed E-state index contributed by atoms with van der Waals surface area (Å²) in [6.45, 7) is 6.77. The number of carbonyl (C=O) groups is 1.